The minimum absolute atomic E-state index is 0.0199. The van der Waals surface area contributed by atoms with Crippen molar-refractivity contribution in [3.63, 3.8) is 0 Å². The summed E-state index contributed by atoms with van der Waals surface area (Å²) in [7, 11) is 0. The zero-order valence-corrected chi connectivity index (χ0v) is 31.7. The quantitative estimate of drug-likeness (QED) is 0.0982. The molecule has 1 aromatic carbocycles. The number of ether oxygens (including phenoxy) is 3. The molecule has 19 nitrogen and oxygen atoms in total. The van der Waals surface area contributed by atoms with E-state index in [2.05, 4.69) is 5.32 Å². The highest BCUT2D eigenvalue weighted by molar-refractivity contribution is 5.98. The number of nitrogens with one attached hydrogen (secondary N) is 1. The van der Waals surface area contributed by atoms with Gasteiger partial charge in [0.15, 0.2) is 29.1 Å². The summed E-state index contributed by atoms with van der Waals surface area (Å²) in [4.78, 5) is 78.2. The van der Waals surface area contributed by atoms with E-state index in [9.17, 15) is 54.3 Å². The number of benzene rings is 1. The number of esters is 1. The summed E-state index contributed by atoms with van der Waals surface area (Å²) in [6.45, 7) is 0.518. The number of aliphatic hydroxyl groups excluding tert-OH is 5. The molecule has 7 N–H and O–H groups in total. The summed E-state index contributed by atoms with van der Waals surface area (Å²) in [5.41, 5.74) is -2.96. The highest BCUT2D eigenvalue weighted by Crippen LogP contribution is 2.44. The van der Waals surface area contributed by atoms with Crippen molar-refractivity contribution >= 4 is 46.7 Å². The van der Waals surface area contributed by atoms with Gasteiger partial charge in [0.2, 0.25) is 11.8 Å². The van der Waals surface area contributed by atoms with Gasteiger partial charge in [-0.25, -0.2) is 23.2 Å². The molecule has 0 radical (unpaired) electrons. The number of hydrogen-bond acceptors (Lipinski definition) is 14. The van der Waals surface area contributed by atoms with Crippen molar-refractivity contribution in [2.45, 2.75) is 81.6 Å². The number of amides is 3. The number of cyclic esters (lactones) is 1. The second kappa shape index (κ2) is 16.9. The molecule has 2 saturated heterocycles. The second-order valence-corrected chi connectivity index (χ2v) is 14.8. The fraction of sp³-hybridized carbons (Fsp3) is 0.474. The van der Waals surface area contributed by atoms with Crippen molar-refractivity contribution in [2.24, 2.45) is 0 Å². The van der Waals surface area contributed by atoms with Crippen molar-refractivity contribution in [3.8, 4) is 5.75 Å². The molecular formula is C38H42F2N4O15. The Bertz CT molecular complexity index is 2250. The topological polar surface area (TPSA) is 274 Å². The van der Waals surface area contributed by atoms with E-state index in [-0.39, 0.29) is 53.8 Å². The van der Waals surface area contributed by atoms with Gasteiger partial charge in [0.25, 0.3) is 5.56 Å². The summed E-state index contributed by atoms with van der Waals surface area (Å²) >= 11 is 0. The van der Waals surface area contributed by atoms with Gasteiger partial charge in [0.05, 0.1) is 49.2 Å². The largest absolute Gasteiger partial charge is 0.486 e. The van der Waals surface area contributed by atoms with Crippen LogP contribution in [0.2, 0.25) is 0 Å². The predicted molar refractivity (Wildman–Crippen MR) is 197 cm³/mol. The zero-order valence-electron chi connectivity index (χ0n) is 31.7. The molecule has 1 aliphatic carbocycles. The SMILES string of the molecule is CC(=O)NC[C@H]1CN(c2ccc(OCC3(OC(=O)[C@H](O)[C@@H](O)[C@H](O)[C@H](O)CO)CCN(c4c(F)cn5c(=O)c(C(=O)O)cc(C6CC6)c5c4C)C(=O)C3)c(F)c2)C(=O)O1. The van der Waals surface area contributed by atoms with Crippen LogP contribution in [-0.4, -0.2) is 134 Å². The molecule has 6 atom stereocenters. The van der Waals surface area contributed by atoms with Crippen LogP contribution < -0.4 is 25.4 Å². The van der Waals surface area contributed by atoms with E-state index >= 15 is 8.78 Å². The number of aryl methyl sites for hydroxylation is 1. The fourth-order valence-electron chi connectivity index (χ4n) is 7.22. The molecule has 2 aliphatic heterocycles. The van der Waals surface area contributed by atoms with Crippen LogP contribution in [-0.2, 0) is 23.9 Å². The number of aromatic carboxylic acids is 1. The minimum atomic E-state index is -2.54. The number of carboxylic acids is 1. The summed E-state index contributed by atoms with van der Waals surface area (Å²) < 4.78 is 48.9. The first kappa shape index (κ1) is 42.9. The van der Waals surface area contributed by atoms with Gasteiger partial charge in [-0.15, -0.1) is 0 Å². The summed E-state index contributed by atoms with van der Waals surface area (Å²) in [5.74, 6) is -6.96. The zero-order chi connectivity index (χ0) is 43.1. The first-order valence-corrected chi connectivity index (χ1v) is 18.5. The Balaban J connectivity index is 1.28. The Morgan fingerprint density at radius 3 is 2.36 bits per heavy atom. The third-order valence-electron chi connectivity index (χ3n) is 10.5. The number of pyridine rings is 2. The number of piperidine rings is 1. The van der Waals surface area contributed by atoms with E-state index in [4.69, 9.17) is 19.3 Å². The van der Waals surface area contributed by atoms with E-state index < -0.39 is 115 Å². The molecule has 1 saturated carbocycles. The number of carbonyl (C=O) groups is 5. The maximum absolute atomic E-state index is 16.0. The van der Waals surface area contributed by atoms with E-state index in [0.717, 1.165) is 32.5 Å². The number of hydrogen-bond donors (Lipinski definition) is 7. The van der Waals surface area contributed by atoms with E-state index in [0.29, 0.717) is 18.4 Å². The molecule has 0 bridgehead atoms. The van der Waals surface area contributed by atoms with Gasteiger partial charge < -0.3 is 55.1 Å². The molecule has 3 amide bonds. The Labute approximate surface area is 332 Å². The van der Waals surface area contributed by atoms with Gasteiger partial charge in [-0.2, -0.15) is 0 Å². The Hall–Kier alpha value is -5.74. The maximum Gasteiger partial charge on any atom is 0.414 e. The normalized spacial score (nSPS) is 21.5. The smallest absolute Gasteiger partial charge is 0.414 e. The molecule has 6 rings (SSSR count). The van der Waals surface area contributed by atoms with Crippen LogP contribution in [0.1, 0.15) is 60.0 Å². The average Bonchev–Trinajstić information content (AvgIpc) is 3.97. The second-order valence-electron chi connectivity index (χ2n) is 14.8. The Kier molecular flexibility index (Phi) is 12.2. The van der Waals surface area contributed by atoms with Crippen molar-refractivity contribution in [1.82, 2.24) is 9.72 Å². The van der Waals surface area contributed by atoms with Crippen molar-refractivity contribution in [3.05, 3.63) is 69.1 Å². The van der Waals surface area contributed by atoms with Gasteiger partial charge in [0, 0.05) is 31.5 Å². The van der Waals surface area contributed by atoms with E-state index in [1.165, 1.54) is 26.0 Å². The molecule has 318 valence electrons. The fourth-order valence-corrected chi connectivity index (χ4v) is 7.22. The first-order chi connectivity index (χ1) is 27.9. The van der Waals surface area contributed by atoms with Gasteiger partial charge in [0.1, 0.15) is 36.6 Å². The number of nitrogens with zero attached hydrogens (tertiary/aromatic N) is 3. The number of fused-ring (bicyclic) bond motifs is 1. The lowest BCUT2D eigenvalue weighted by atomic mass is 9.90. The van der Waals surface area contributed by atoms with Gasteiger partial charge >= 0.3 is 18.0 Å². The van der Waals surface area contributed by atoms with Crippen molar-refractivity contribution in [2.75, 3.05) is 42.6 Å². The van der Waals surface area contributed by atoms with Crippen LogP contribution in [0.15, 0.2) is 35.3 Å². The Morgan fingerprint density at radius 2 is 1.75 bits per heavy atom. The van der Waals surface area contributed by atoms with Crippen LogP contribution in [0.25, 0.3) is 5.52 Å². The highest BCUT2D eigenvalue weighted by atomic mass is 19.1. The maximum atomic E-state index is 16.0. The van der Waals surface area contributed by atoms with Crippen LogP contribution in [0.5, 0.6) is 5.75 Å². The van der Waals surface area contributed by atoms with Gasteiger partial charge in [-0.3, -0.25) is 23.7 Å². The van der Waals surface area contributed by atoms with Crippen LogP contribution in [0.3, 0.4) is 0 Å². The number of carboxylic acid groups (broad SMARTS) is 1. The molecular weight excluding hydrogens is 790 g/mol. The molecule has 3 aromatic rings. The third-order valence-corrected chi connectivity index (χ3v) is 10.5. The lowest BCUT2D eigenvalue weighted by Crippen LogP contribution is -2.56. The lowest BCUT2D eigenvalue weighted by molar-refractivity contribution is -0.190. The monoisotopic (exact) mass is 832 g/mol. The molecule has 3 aliphatic rings. The summed E-state index contributed by atoms with van der Waals surface area (Å²) in [6, 6.07) is 4.64. The number of aromatic nitrogens is 1. The van der Waals surface area contributed by atoms with Crippen molar-refractivity contribution < 1.29 is 77.6 Å². The lowest BCUT2D eigenvalue weighted by Gasteiger charge is -2.41. The molecule has 21 heteroatoms. The van der Waals surface area contributed by atoms with Crippen molar-refractivity contribution in [1.29, 1.82) is 0 Å². The van der Waals surface area contributed by atoms with Gasteiger partial charge in [-0.1, -0.05) is 0 Å². The molecule has 1 unspecified atom stereocenters. The molecule has 2 aromatic heterocycles. The standard InChI is InChI=1S/C38H42F2N4O15/c1-17-29-22(19-3-4-19)10-23(35(53)54)34(52)44(29)14-25(40)30(17)42-8-7-38(11-28(42)48,59-36(55)33(51)32(50)31(49)26(47)15-45)16-57-27-6-5-20(9-24(27)39)43-13-21(58-37(43)56)12-41-18(2)46/h5-6,9-10,14,19,21,26,31-33,45,47,49-51H,3-4,7-8,11-13,15-16H2,1-2H3,(H,41,46)(H,53,54)/t21-,26+,31+,32-,33+,38?/m0/s1. The first-order valence-electron chi connectivity index (χ1n) is 18.5. The number of anilines is 2. The molecule has 3 fully saturated rings. The predicted octanol–water partition coefficient (Wildman–Crippen LogP) is -0.153. The van der Waals surface area contributed by atoms with Crippen LogP contribution >= 0.6 is 0 Å². The minimum Gasteiger partial charge on any atom is -0.486 e. The van der Waals surface area contributed by atoms with E-state index in [1.54, 1.807) is 0 Å². The third kappa shape index (κ3) is 8.69. The summed E-state index contributed by atoms with van der Waals surface area (Å²) in [5, 5.41) is 62.1. The van der Waals surface area contributed by atoms with Gasteiger partial charge in [-0.05, 0) is 49.4 Å². The molecule has 59 heavy (non-hydrogen) atoms. The van der Waals surface area contributed by atoms with E-state index in [1.807, 2.05) is 0 Å². The highest BCUT2D eigenvalue weighted by Gasteiger charge is 2.47. The molecule has 4 heterocycles. The number of halogens is 2. The average molecular weight is 833 g/mol. The number of aliphatic hydroxyl groups is 5. The summed E-state index contributed by atoms with van der Waals surface area (Å²) in [6.07, 6.45) is -9.66. The van der Waals surface area contributed by atoms with Crippen LogP contribution in [0.4, 0.5) is 25.0 Å². The molecule has 0 spiro atoms. The Morgan fingerprint density at radius 1 is 1.03 bits per heavy atom. The van der Waals surface area contributed by atoms with Crippen LogP contribution in [0, 0.1) is 18.6 Å². The number of carbonyl (C=O) groups excluding carboxylic acids is 4. The number of rotatable bonds is 15.